The van der Waals surface area contributed by atoms with Crippen molar-refractivity contribution in [1.82, 2.24) is 15.0 Å². The minimum Gasteiger partial charge on any atom is -0.467 e. The van der Waals surface area contributed by atoms with Crippen LogP contribution in [0.2, 0.25) is 0 Å². The van der Waals surface area contributed by atoms with Crippen LogP contribution in [0.4, 0.5) is 5.69 Å². The fourth-order valence-electron chi connectivity index (χ4n) is 1.81. The van der Waals surface area contributed by atoms with E-state index in [-0.39, 0.29) is 17.3 Å². The van der Waals surface area contributed by atoms with Gasteiger partial charge in [0.15, 0.2) is 5.82 Å². The van der Waals surface area contributed by atoms with Crippen molar-refractivity contribution in [3.05, 3.63) is 34.1 Å². The van der Waals surface area contributed by atoms with Gasteiger partial charge in [0.05, 0.1) is 25.2 Å². The number of hydrogen-bond donors (Lipinski definition) is 1. The number of ether oxygens (including phenoxy) is 2. The normalized spacial score (nSPS) is 12.0. The molecule has 0 aliphatic heterocycles. The number of anilines is 1. The second kappa shape index (κ2) is 6.95. The highest BCUT2D eigenvalue weighted by Crippen LogP contribution is 2.38. The molecule has 0 saturated carbocycles. The van der Waals surface area contributed by atoms with Gasteiger partial charge in [-0.05, 0) is 33.8 Å². The third kappa shape index (κ3) is 3.38. The van der Waals surface area contributed by atoms with E-state index < -0.39 is 0 Å². The minimum absolute atomic E-state index is 0.145. The van der Waals surface area contributed by atoms with Crippen LogP contribution >= 0.6 is 27.7 Å². The smallest absolute Gasteiger partial charge is 0.322 e. The molecule has 0 bridgehead atoms. The van der Waals surface area contributed by atoms with Crippen molar-refractivity contribution in [3.63, 3.8) is 0 Å². The highest BCUT2D eigenvalue weighted by atomic mass is 79.9. The molecular formula is C13H15BrN4O2S. The van der Waals surface area contributed by atoms with E-state index in [1.807, 2.05) is 24.5 Å². The molecule has 21 heavy (non-hydrogen) atoms. The first-order valence-electron chi connectivity index (χ1n) is 6.01. The number of benzene rings is 1. The van der Waals surface area contributed by atoms with Crippen molar-refractivity contribution in [2.75, 3.05) is 26.2 Å². The van der Waals surface area contributed by atoms with Gasteiger partial charge in [-0.3, -0.25) is 0 Å². The molecule has 0 fully saturated rings. The Hall–Kier alpha value is -1.54. The van der Waals surface area contributed by atoms with Gasteiger partial charge < -0.3 is 15.2 Å². The van der Waals surface area contributed by atoms with Crippen LogP contribution in [-0.2, 0) is 0 Å². The maximum Gasteiger partial charge on any atom is 0.322 e. The molecule has 1 aromatic carbocycles. The summed E-state index contributed by atoms with van der Waals surface area (Å²) >= 11 is 5.01. The summed E-state index contributed by atoms with van der Waals surface area (Å²) in [6.07, 6.45) is 1.97. The van der Waals surface area contributed by atoms with Crippen molar-refractivity contribution in [3.8, 4) is 12.0 Å². The molecule has 0 saturated heterocycles. The van der Waals surface area contributed by atoms with Gasteiger partial charge >= 0.3 is 12.0 Å². The second-order valence-corrected chi connectivity index (χ2v) is 5.82. The molecule has 1 aromatic heterocycles. The maximum absolute atomic E-state index is 6.14. The highest BCUT2D eigenvalue weighted by molar-refractivity contribution is 9.10. The van der Waals surface area contributed by atoms with Crippen molar-refractivity contribution in [2.24, 2.45) is 0 Å². The molecule has 1 heterocycles. The Balaban J connectivity index is 2.53. The molecule has 8 heteroatoms. The lowest BCUT2D eigenvalue weighted by molar-refractivity contribution is 0.336. The topological polar surface area (TPSA) is 83.2 Å². The van der Waals surface area contributed by atoms with Crippen LogP contribution in [0.5, 0.6) is 12.0 Å². The molecule has 6 nitrogen and oxygen atoms in total. The molecule has 0 radical (unpaired) electrons. The van der Waals surface area contributed by atoms with Crippen LogP contribution in [0.1, 0.15) is 16.6 Å². The number of para-hydroxylation sites is 1. The van der Waals surface area contributed by atoms with Gasteiger partial charge in [-0.25, -0.2) is 0 Å². The van der Waals surface area contributed by atoms with Crippen molar-refractivity contribution < 1.29 is 9.47 Å². The maximum atomic E-state index is 6.14. The largest absolute Gasteiger partial charge is 0.467 e. The fraction of sp³-hybridized carbons (Fsp3) is 0.308. The molecule has 1 unspecified atom stereocenters. The molecule has 2 N–H and O–H groups in total. The molecule has 0 spiro atoms. The lowest BCUT2D eigenvalue weighted by Gasteiger charge is -2.17. The van der Waals surface area contributed by atoms with Crippen molar-refractivity contribution in [1.29, 1.82) is 0 Å². The molecule has 0 aliphatic carbocycles. The predicted octanol–water partition coefficient (Wildman–Crippen LogP) is 2.69. The van der Waals surface area contributed by atoms with Crippen LogP contribution in [-0.4, -0.2) is 35.4 Å². The third-order valence-corrected chi connectivity index (χ3v) is 4.44. The van der Waals surface area contributed by atoms with E-state index in [9.17, 15) is 0 Å². The number of nitrogens with zero attached hydrogens (tertiary/aromatic N) is 3. The molecule has 0 aliphatic rings. The lowest BCUT2D eigenvalue weighted by Crippen LogP contribution is -2.09. The summed E-state index contributed by atoms with van der Waals surface area (Å²) in [5.74, 6) is 0.538. The average Bonchev–Trinajstić information content (AvgIpc) is 2.51. The van der Waals surface area contributed by atoms with E-state index in [1.165, 1.54) is 14.2 Å². The SMILES string of the molecule is COc1nc(OC)nc(C(SC)c2cccc(Br)c2N)n1. The Morgan fingerprint density at radius 1 is 1.14 bits per heavy atom. The summed E-state index contributed by atoms with van der Waals surface area (Å²) in [6, 6.07) is 6.19. The van der Waals surface area contributed by atoms with Crippen LogP contribution in [0, 0.1) is 0 Å². The zero-order valence-corrected chi connectivity index (χ0v) is 14.2. The summed E-state index contributed by atoms with van der Waals surface area (Å²) < 4.78 is 11.0. The monoisotopic (exact) mass is 370 g/mol. The highest BCUT2D eigenvalue weighted by Gasteiger charge is 2.22. The Labute approximate surface area is 135 Å². The lowest BCUT2D eigenvalue weighted by atomic mass is 10.1. The van der Waals surface area contributed by atoms with Crippen LogP contribution < -0.4 is 15.2 Å². The fourth-order valence-corrected chi connectivity index (χ4v) is 2.96. The summed E-state index contributed by atoms with van der Waals surface area (Å²) in [4.78, 5) is 12.6. The van der Waals surface area contributed by atoms with Crippen molar-refractivity contribution >= 4 is 33.4 Å². The zero-order valence-electron chi connectivity index (χ0n) is 11.8. The first kappa shape index (κ1) is 15.8. The Morgan fingerprint density at radius 3 is 2.29 bits per heavy atom. The summed E-state index contributed by atoms with van der Waals surface area (Å²) in [6.45, 7) is 0. The van der Waals surface area contributed by atoms with Gasteiger partial charge in [-0.2, -0.15) is 9.97 Å². The minimum atomic E-state index is -0.145. The van der Waals surface area contributed by atoms with E-state index >= 15 is 0 Å². The zero-order chi connectivity index (χ0) is 15.4. The first-order chi connectivity index (χ1) is 10.1. The molecule has 2 rings (SSSR count). The van der Waals surface area contributed by atoms with Gasteiger partial charge in [-0.1, -0.05) is 12.1 Å². The van der Waals surface area contributed by atoms with E-state index in [2.05, 4.69) is 30.9 Å². The number of nitrogens with two attached hydrogens (primary N) is 1. The molecule has 1 atom stereocenters. The summed E-state index contributed by atoms with van der Waals surface area (Å²) in [7, 11) is 3.00. The Kier molecular flexibility index (Phi) is 5.24. The van der Waals surface area contributed by atoms with Crippen LogP contribution in [0.25, 0.3) is 0 Å². The number of nitrogen functional groups attached to an aromatic ring is 1. The van der Waals surface area contributed by atoms with Gasteiger partial charge in [0.2, 0.25) is 0 Å². The molecule has 0 amide bonds. The first-order valence-corrected chi connectivity index (χ1v) is 8.09. The van der Waals surface area contributed by atoms with Gasteiger partial charge in [0, 0.05) is 4.47 Å². The number of aromatic nitrogens is 3. The summed E-state index contributed by atoms with van der Waals surface area (Å²) in [5, 5.41) is -0.145. The van der Waals surface area contributed by atoms with Gasteiger partial charge in [0.25, 0.3) is 0 Å². The molecular weight excluding hydrogens is 356 g/mol. The summed E-state index contributed by atoms with van der Waals surface area (Å²) in [5.41, 5.74) is 7.73. The average molecular weight is 371 g/mol. The number of halogens is 1. The van der Waals surface area contributed by atoms with E-state index in [0.717, 1.165) is 10.0 Å². The number of thioether (sulfide) groups is 1. The standard InChI is InChI=1S/C13H15BrN4O2S/c1-19-12-16-11(17-13(18-12)20-2)10(21-3)7-5-4-6-8(14)9(7)15/h4-6,10H,15H2,1-3H3. The quantitative estimate of drug-likeness (QED) is 0.809. The van der Waals surface area contributed by atoms with E-state index in [0.29, 0.717) is 11.5 Å². The predicted molar refractivity (Wildman–Crippen MR) is 86.8 cm³/mol. The third-order valence-electron chi connectivity index (χ3n) is 2.82. The second-order valence-electron chi connectivity index (χ2n) is 4.03. The molecule has 2 aromatic rings. The Bertz CT molecular complexity index is 619. The van der Waals surface area contributed by atoms with Crippen LogP contribution in [0.3, 0.4) is 0 Å². The van der Waals surface area contributed by atoms with Gasteiger partial charge in [0.1, 0.15) is 0 Å². The number of methoxy groups -OCH3 is 2. The molecule has 112 valence electrons. The number of hydrogen-bond acceptors (Lipinski definition) is 7. The van der Waals surface area contributed by atoms with Crippen molar-refractivity contribution in [2.45, 2.75) is 5.25 Å². The van der Waals surface area contributed by atoms with Gasteiger partial charge in [-0.15, -0.1) is 16.7 Å². The van der Waals surface area contributed by atoms with E-state index in [1.54, 1.807) is 11.8 Å². The van der Waals surface area contributed by atoms with Crippen LogP contribution in [0.15, 0.2) is 22.7 Å². The number of rotatable bonds is 5. The Morgan fingerprint density at radius 2 is 1.76 bits per heavy atom. The van der Waals surface area contributed by atoms with E-state index in [4.69, 9.17) is 15.2 Å².